The number of aliphatic imine (C=N–C) groups is 4. The Balaban J connectivity index is 1.32. The van der Waals surface area contributed by atoms with Crippen LogP contribution in [0, 0.1) is 13.8 Å². The molecule has 0 radical (unpaired) electrons. The van der Waals surface area contributed by atoms with Crippen molar-refractivity contribution in [3.05, 3.63) is 148 Å². The van der Waals surface area contributed by atoms with Crippen molar-refractivity contribution in [1.82, 2.24) is 4.90 Å². The maximum atomic E-state index is 5.16. The normalized spacial score (nSPS) is 18.5. The van der Waals surface area contributed by atoms with Crippen LogP contribution in [0.1, 0.15) is 39.3 Å². The van der Waals surface area contributed by atoms with Gasteiger partial charge in [0.25, 0.3) is 0 Å². The summed E-state index contributed by atoms with van der Waals surface area (Å²) in [6.45, 7) is 4.30. The summed E-state index contributed by atoms with van der Waals surface area (Å²) in [7, 11) is 0. The second-order valence-corrected chi connectivity index (χ2v) is 11.0. The lowest BCUT2D eigenvalue weighted by Crippen LogP contribution is -2.43. The zero-order valence-corrected chi connectivity index (χ0v) is 22.9. The third-order valence-corrected chi connectivity index (χ3v) is 8.11. The summed E-state index contributed by atoms with van der Waals surface area (Å²) in [5, 5.41) is 0. The van der Waals surface area contributed by atoms with Gasteiger partial charge in [0.1, 0.15) is 5.84 Å². The highest BCUT2D eigenvalue weighted by atomic mass is 15.4. The van der Waals surface area contributed by atoms with E-state index in [9.17, 15) is 0 Å². The van der Waals surface area contributed by atoms with Crippen LogP contribution in [-0.4, -0.2) is 28.4 Å². The largest absolute Gasteiger partial charge is 0.246 e. The van der Waals surface area contributed by atoms with E-state index in [0.29, 0.717) is 11.9 Å². The highest BCUT2D eigenvalue weighted by Gasteiger charge is 2.36. The molecule has 1 atom stereocenters. The number of hydrogen-bond acceptors (Lipinski definition) is 5. The molecule has 1 aliphatic carbocycles. The molecule has 3 heterocycles. The molecule has 4 aliphatic rings. The van der Waals surface area contributed by atoms with E-state index < -0.39 is 0 Å². The monoisotopic (exact) mass is 529 g/mol. The zero-order valence-electron chi connectivity index (χ0n) is 22.9. The van der Waals surface area contributed by atoms with Gasteiger partial charge in [-0.05, 0) is 54.7 Å². The van der Waals surface area contributed by atoms with Crippen LogP contribution in [0.2, 0.25) is 0 Å². The van der Waals surface area contributed by atoms with Crippen molar-refractivity contribution < 1.29 is 0 Å². The van der Waals surface area contributed by atoms with E-state index in [2.05, 4.69) is 86.7 Å². The van der Waals surface area contributed by atoms with Gasteiger partial charge in [-0.1, -0.05) is 108 Å². The Hall–Kier alpha value is -5.16. The maximum Gasteiger partial charge on any atom is 0.239 e. The van der Waals surface area contributed by atoms with Gasteiger partial charge in [0, 0.05) is 17.0 Å². The van der Waals surface area contributed by atoms with Crippen LogP contribution in [0.3, 0.4) is 0 Å². The van der Waals surface area contributed by atoms with Crippen molar-refractivity contribution >= 4 is 29.2 Å². The standard InChI is InChI=1S/C36H27N5/c1-22-13-15-28-26(17-22)19-31(30-18-23(2)14-16-29(28)30)34-39-35-37-32(24-9-5-3-6-10-24)20-27-21-33(25-11-7-4-8-12-25)38-36(40-34)41(27)35/h3-18,20-21,31H,19H2,1-2H3. The number of hydrogen-bond donors (Lipinski definition) is 0. The van der Waals surface area contributed by atoms with Crippen LogP contribution in [0.25, 0.3) is 16.8 Å². The quantitative estimate of drug-likeness (QED) is 0.271. The maximum absolute atomic E-state index is 5.16. The first kappa shape index (κ1) is 23.7. The molecular weight excluding hydrogens is 502 g/mol. The Labute approximate surface area is 239 Å². The van der Waals surface area contributed by atoms with E-state index in [0.717, 1.165) is 40.5 Å². The number of fused-ring (bicyclic) bond motifs is 3. The van der Waals surface area contributed by atoms with E-state index in [-0.39, 0.29) is 5.92 Å². The van der Waals surface area contributed by atoms with E-state index in [1.807, 2.05) is 41.3 Å². The van der Waals surface area contributed by atoms with Crippen LogP contribution in [0.5, 0.6) is 0 Å². The average Bonchev–Trinajstić information content (AvgIpc) is 3.01. The first-order valence-corrected chi connectivity index (χ1v) is 14.0. The molecule has 0 bridgehead atoms. The summed E-state index contributed by atoms with van der Waals surface area (Å²) in [4.78, 5) is 22.4. The van der Waals surface area contributed by atoms with Crippen molar-refractivity contribution in [1.29, 1.82) is 0 Å². The number of amidine groups is 1. The molecule has 1 unspecified atom stereocenters. The molecule has 5 heteroatoms. The highest BCUT2D eigenvalue weighted by Crippen LogP contribution is 2.42. The van der Waals surface area contributed by atoms with Gasteiger partial charge in [-0.25, -0.2) is 14.9 Å². The van der Waals surface area contributed by atoms with E-state index in [1.54, 1.807) is 0 Å². The number of allylic oxidation sites excluding steroid dienone is 2. The Morgan fingerprint density at radius 1 is 0.634 bits per heavy atom. The van der Waals surface area contributed by atoms with Crippen LogP contribution in [0.15, 0.2) is 135 Å². The van der Waals surface area contributed by atoms with Crippen molar-refractivity contribution in [3.63, 3.8) is 0 Å². The van der Waals surface area contributed by atoms with Gasteiger partial charge in [-0.2, -0.15) is 9.98 Å². The third-order valence-electron chi connectivity index (χ3n) is 8.11. The SMILES string of the molecule is Cc1ccc2c(c1)CC(C1=NC3=NC(c4ccccc4)=CC4=CC(c5ccccc5)=NC(=N1)N43)c1cc(C)ccc1-2. The molecule has 8 rings (SSSR count). The minimum atomic E-state index is -0.00707. The van der Waals surface area contributed by atoms with Gasteiger partial charge in [-0.3, -0.25) is 0 Å². The molecule has 0 spiro atoms. The fourth-order valence-corrected chi connectivity index (χ4v) is 6.13. The lowest BCUT2D eigenvalue weighted by molar-refractivity contribution is 0.727. The second-order valence-electron chi connectivity index (χ2n) is 11.0. The molecule has 196 valence electrons. The fraction of sp³-hybridized carbons (Fsp3) is 0.111. The third kappa shape index (κ3) is 4.01. The summed E-state index contributed by atoms with van der Waals surface area (Å²) in [6, 6.07) is 34.0. The molecular formula is C36H27N5. The van der Waals surface area contributed by atoms with Crippen molar-refractivity contribution in [3.8, 4) is 11.1 Å². The van der Waals surface area contributed by atoms with Gasteiger partial charge in [0.15, 0.2) is 0 Å². The van der Waals surface area contributed by atoms with Gasteiger partial charge < -0.3 is 0 Å². The zero-order chi connectivity index (χ0) is 27.5. The molecule has 0 amide bonds. The smallest absolute Gasteiger partial charge is 0.239 e. The van der Waals surface area contributed by atoms with Crippen LogP contribution < -0.4 is 0 Å². The first-order valence-electron chi connectivity index (χ1n) is 14.0. The topological polar surface area (TPSA) is 52.7 Å². The van der Waals surface area contributed by atoms with Crippen molar-refractivity contribution in [2.45, 2.75) is 26.2 Å². The van der Waals surface area contributed by atoms with Crippen molar-refractivity contribution in [2.24, 2.45) is 20.0 Å². The van der Waals surface area contributed by atoms with Crippen LogP contribution >= 0.6 is 0 Å². The predicted octanol–water partition coefficient (Wildman–Crippen LogP) is 7.48. The lowest BCUT2D eigenvalue weighted by atomic mass is 9.77. The van der Waals surface area contributed by atoms with E-state index in [4.69, 9.17) is 20.0 Å². The highest BCUT2D eigenvalue weighted by molar-refractivity contribution is 6.24. The minimum Gasteiger partial charge on any atom is -0.246 e. The number of guanidine groups is 2. The van der Waals surface area contributed by atoms with Crippen LogP contribution in [0.4, 0.5) is 0 Å². The summed E-state index contributed by atoms with van der Waals surface area (Å²) in [6.07, 6.45) is 5.03. The average molecular weight is 530 g/mol. The number of aryl methyl sites for hydroxylation is 2. The second kappa shape index (κ2) is 9.20. The Morgan fingerprint density at radius 3 is 2.10 bits per heavy atom. The Bertz CT molecular complexity index is 1880. The number of benzene rings is 4. The first-order chi connectivity index (χ1) is 20.1. The minimum absolute atomic E-state index is 0.00707. The Kier molecular flexibility index (Phi) is 5.32. The van der Waals surface area contributed by atoms with Crippen molar-refractivity contribution in [2.75, 3.05) is 0 Å². The molecule has 0 fully saturated rings. The molecule has 0 N–H and O–H groups in total. The summed E-state index contributed by atoms with van der Waals surface area (Å²) >= 11 is 0. The van der Waals surface area contributed by atoms with E-state index in [1.165, 1.54) is 33.4 Å². The van der Waals surface area contributed by atoms with Gasteiger partial charge in [0.2, 0.25) is 11.9 Å². The number of nitrogens with zero attached hydrogens (tertiary/aromatic N) is 5. The summed E-state index contributed by atoms with van der Waals surface area (Å²) < 4.78 is 0. The lowest BCUT2D eigenvalue weighted by Gasteiger charge is -2.35. The molecule has 5 nitrogen and oxygen atoms in total. The molecule has 3 aliphatic heterocycles. The summed E-state index contributed by atoms with van der Waals surface area (Å²) in [5.74, 6) is 1.96. The fourth-order valence-electron chi connectivity index (χ4n) is 6.13. The number of rotatable bonds is 3. The summed E-state index contributed by atoms with van der Waals surface area (Å²) in [5.41, 5.74) is 12.4. The Morgan fingerprint density at radius 2 is 1.32 bits per heavy atom. The molecule has 41 heavy (non-hydrogen) atoms. The van der Waals surface area contributed by atoms with Crippen LogP contribution in [-0.2, 0) is 6.42 Å². The molecule has 4 aromatic carbocycles. The molecule has 0 aromatic heterocycles. The molecule has 4 aromatic rings. The van der Waals surface area contributed by atoms with Gasteiger partial charge in [-0.15, -0.1) is 0 Å². The predicted molar refractivity (Wildman–Crippen MR) is 167 cm³/mol. The van der Waals surface area contributed by atoms with Gasteiger partial charge in [0.05, 0.1) is 17.1 Å². The molecule has 0 saturated heterocycles. The van der Waals surface area contributed by atoms with E-state index >= 15 is 0 Å². The van der Waals surface area contributed by atoms with Gasteiger partial charge >= 0.3 is 0 Å². The molecule has 0 saturated carbocycles.